The van der Waals surface area contributed by atoms with Gasteiger partial charge in [0.2, 0.25) is 5.91 Å². The fraction of sp³-hybridized carbons (Fsp3) is 0.579. The van der Waals surface area contributed by atoms with Crippen LogP contribution in [0.25, 0.3) is 0 Å². The molecule has 1 heterocycles. The lowest BCUT2D eigenvalue weighted by Gasteiger charge is -2.26. The molecule has 1 N–H and O–H groups in total. The Bertz CT molecular complexity index is 545. The van der Waals surface area contributed by atoms with E-state index < -0.39 is 0 Å². The molecule has 0 aromatic heterocycles. The smallest absolute Gasteiger partial charge is 0.317 e. The van der Waals surface area contributed by atoms with Gasteiger partial charge < -0.3 is 15.1 Å². The Balaban J connectivity index is 2.06. The SMILES string of the molecule is C[C@H]1CCCN(C(=O)N[C@H](CC(=O)N(C)C)c2ccccc2)CC1. The fourth-order valence-electron chi connectivity index (χ4n) is 3.00. The first kappa shape index (κ1) is 18.3. The van der Waals surface area contributed by atoms with Crippen molar-refractivity contribution in [3.05, 3.63) is 35.9 Å². The van der Waals surface area contributed by atoms with Crippen molar-refractivity contribution in [2.75, 3.05) is 27.2 Å². The molecule has 1 aliphatic heterocycles. The van der Waals surface area contributed by atoms with E-state index >= 15 is 0 Å². The lowest BCUT2D eigenvalue weighted by atomic mass is 10.0. The number of hydrogen-bond acceptors (Lipinski definition) is 2. The molecule has 1 aromatic carbocycles. The van der Waals surface area contributed by atoms with Crippen LogP contribution in [-0.4, -0.2) is 48.9 Å². The van der Waals surface area contributed by atoms with Crippen LogP contribution >= 0.6 is 0 Å². The van der Waals surface area contributed by atoms with Crippen molar-refractivity contribution in [3.8, 4) is 0 Å². The summed E-state index contributed by atoms with van der Waals surface area (Å²) in [4.78, 5) is 28.3. The van der Waals surface area contributed by atoms with Gasteiger partial charge in [0.15, 0.2) is 0 Å². The number of benzene rings is 1. The molecule has 132 valence electrons. The van der Waals surface area contributed by atoms with Crippen molar-refractivity contribution in [2.45, 2.75) is 38.6 Å². The minimum absolute atomic E-state index is 0.00800. The van der Waals surface area contributed by atoms with Crippen molar-refractivity contribution in [1.29, 1.82) is 0 Å². The van der Waals surface area contributed by atoms with Gasteiger partial charge in [0, 0.05) is 27.2 Å². The molecule has 1 fully saturated rings. The highest BCUT2D eigenvalue weighted by Crippen LogP contribution is 2.20. The number of hydrogen-bond donors (Lipinski definition) is 1. The molecule has 5 nitrogen and oxygen atoms in total. The molecule has 0 unspecified atom stereocenters. The molecule has 5 heteroatoms. The Morgan fingerprint density at radius 2 is 1.92 bits per heavy atom. The number of amides is 3. The van der Waals surface area contributed by atoms with Gasteiger partial charge in [0.25, 0.3) is 0 Å². The number of likely N-dealkylation sites (tertiary alicyclic amines) is 1. The molecule has 1 aromatic rings. The van der Waals surface area contributed by atoms with Crippen molar-refractivity contribution in [3.63, 3.8) is 0 Å². The van der Waals surface area contributed by atoms with E-state index in [1.807, 2.05) is 35.2 Å². The first-order valence-corrected chi connectivity index (χ1v) is 8.78. The van der Waals surface area contributed by atoms with Crippen molar-refractivity contribution < 1.29 is 9.59 Å². The summed E-state index contributed by atoms with van der Waals surface area (Å²) in [6.45, 7) is 3.82. The highest BCUT2D eigenvalue weighted by atomic mass is 16.2. The van der Waals surface area contributed by atoms with Crippen LogP contribution in [0.1, 0.15) is 44.2 Å². The summed E-state index contributed by atoms with van der Waals surface area (Å²) in [5.74, 6) is 0.677. The molecule has 0 spiro atoms. The summed E-state index contributed by atoms with van der Waals surface area (Å²) in [5, 5.41) is 3.07. The molecule has 0 radical (unpaired) electrons. The summed E-state index contributed by atoms with van der Waals surface area (Å²) in [6, 6.07) is 9.35. The molecule has 24 heavy (non-hydrogen) atoms. The van der Waals surface area contributed by atoms with Crippen molar-refractivity contribution in [1.82, 2.24) is 15.1 Å². The normalized spacial score (nSPS) is 19.3. The van der Waals surface area contributed by atoms with Crippen LogP contribution in [0.15, 0.2) is 30.3 Å². The number of carbonyl (C=O) groups is 2. The molecule has 3 amide bonds. The van der Waals surface area contributed by atoms with E-state index in [4.69, 9.17) is 0 Å². The standard InChI is InChI=1S/C19H29N3O2/c1-15-8-7-12-22(13-11-15)19(24)20-17(14-18(23)21(2)3)16-9-5-4-6-10-16/h4-6,9-10,15,17H,7-8,11-14H2,1-3H3,(H,20,24)/t15-,17+/m0/s1. The summed E-state index contributed by atoms with van der Waals surface area (Å²) >= 11 is 0. The van der Waals surface area contributed by atoms with Crippen LogP contribution in [0.2, 0.25) is 0 Å². The Hall–Kier alpha value is -2.04. The molecule has 2 atom stereocenters. The van der Waals surface area contributed by atoms with E-state index in [9.17, 15) is 9.59 Å². The Morgan fingerprint density at radius 3 is 2.58 bits per heavy atom. The topological polar surface area (TPSA) is 52.7 Å². The minimum Gasteiger partial charge on any atom is -0.349 e. The van der Waals surface area contributed by atoms with Crippen molar-refractivity contribution in [2.24, 2.45) is 5.92 Å². The zero-order chi connectivity index (χ0) is 17.5. The maximum atomic E-state index is 12.7. The third kappa shape index (κ3) is 5.25. The molecular weight excluding hydrogens is 302 g/mol. The zero-order valence-corrected chi connectivity index (χ0v) is 15.0. The molecular formula is C19H29N3O2. The molecule has 0 bridgehead atoms. The van der Waals surface area contributed by atoms with Gasteiger partial charge in [-0.1, -0.05) is 37.3 Å². The number of nitrogens with one attached hydrogen (secondary N) is 1. The maximum absolute atomic E-state index is 12.7. The number of nitrogens with zero attached hydrogens (tertiary/aromatic N) is 2. The van der Waals surface area contributed by atoms with E-state index in [-0.39, 0.29) is 24.4 Å². The number of carbonyl (C=O) groups excluding carboxylic acids is 2. The Morgan fingerprint density at radius 1 is 1.21 bits per heavy atom. The molecule has 0 saturated carbocycles. The van der Waals surface area contributed by atoms with Gasteiger partial charge in [0.05, 0.1) is 12.5 Å². The minimum atomic E-state index is -0.297. The Kier molecular flexibility index (Phi) is 6.64. The van der Waals surface area contributed by atoms with E-state index in [1.54, 1.807) is 19.0 Å². The van der Waals surface area contributed by atoms with Crippen LogP contribution in [0.4, 0.5) is 4.79 Å². The summed E-state index contributed by atoms with van der Waals surface area (Å²) in [5.41, 5.74) is 0.962. The van der Waals surface area contributed by atoms with Gasteiger partial charge >= 0.3 is 6.03 Å². The third-order valence-corrected chi connectivity index (χ3v) is 4.68. The Labute approximate surface area is 145 Å². The average molecular weight is 331 g/mol. The lowest BCUT2D eigenvalue weighted by Crippen LogP contribution is -2.43. The summed E-state index contributed by atoms with van der Waals surface area (Å²) in [6.07, 6.45) is 3.53. The second-order valence-corrected chi connectivity index (χ2v) is 6.93. The monoisotopic (exact) mass is 331 g/mol. The molecule has 1 aliphatic rings. The highest BCUT2D eigenvalue weighted by Gasteiger charge is 2.23. The second-order valence-electron chi connectivity index (χ2n) is 6.93. The summed E-state index contributed by atoms with van der Waals surface area (Å²) < 4.78 is 0. The molecule has 2 rings (SSSR count). The van der Waals surface area contributed by atoms with Gasteiger partial charge in [0.1, 0.15) is 0 Å². The predicted molar refractivity (Wildman–Crippen MR) is 95.6 cm³/mol. The third-order valence-electron chi connectivity index (χ3n) is 4.68. The van der Waals surface area contributed by atoms with Crippen LogP contribution in [0.5, 0.6) is 0 Å². The second kappa shape index (κ2) is 8.71. The molecule has 1 saturated heterocycles. The first-order valence-electron chi connectivity index (χ1n) is 8.78. The van der Waals surface area contributed by atoms with Gasteiger partial charge in [-0.05, 0) is 30.7 Å². The first-order chi connectivity index (χ1) is 11.5. The van der Waals surface area contributed by atoms with Gasteiger partial charge in [-0.25, -0.2) is 4.79 Å². The van der Waals surface area contributed by atoms with Crippen LogP contribution in [0, 0.1) is 5.92 Å². The predicted octanol–water partition coefficient (Wildman–Crippen LogP) is 3.04. The van der Waals surface area contributed by atoms with E-state index in [2.05, 4.69) is 12.2 Å². The van der Waals surface area contributed by atoms with E-state index in [1.165, 1.54) is 6.42 Å². The number of rotatable bonds is 4. The highest BCUT2D eigenvalue weighted by molar-refractivity contribution is 5.79. The maximum Gasteiger partial charge on any atom is 0.317 e. The number of urea groups is 1. The van der Waals surface area contributed by atoms with Gasteiger partial charge in [-0.2, -0.15) is 0 Å². The average Bonchev–Trinajstić information content (AvgIpc) is 2.79. The zero-order valence-electron chi connectivity index (χ0n) is 15.0. The largest absolute Gasteiger partial charge is 0.349 e. The van der Waals surface area contributed by atoms with E-state index in [0.717, 1.165) is 31.5 Å². The van der Waals surface area contributed by atoms with Crippen molar-refractivity contribution >= 4 is 11.9 Å². The van der Waals surface area contributed by atoms with Gasteiger partial charge in [-0.15, -0.1) is 0 Å². The van der Waals surface area contributed by atoms with Crippen LogP contribution in [-0.2, 0) is 4.79 Å². The quantitative estimate of drug-likeness (QED) is 0.922. The van der Waals surface area contributed by atoms with Gasteiger partial charge in [-0.3, -0.25) is 4.79 Å². The summed E-state index contributed by atoms with van der Waals surface area (Å²) in [7, 11) is 3.48. The molecule has 0 aliphatic carbocycles. The van der Waals surface area contributed by atoms with Crippen LogP contribution < -0.4 is 5.32 Å². The van der Waals surface area contributed by atoms with E-state index in [0.29, 0.717) is 5.92 Å². The fourth-order valence-corrected chi connectivity index (χ4v) is 3.00. The van der Waals surface area contributed by atoms with Crippen LogP contribution in [0.3, 0.4) is 0 Å². The lowest BCUT2D eigenvalue weighted by molar-refractivity contribution is -0.129.